The fourth-order valence-electron chi connectivity index (χ4n) is 0.927. The van der Waals surface area contributed by atoms with Crippen molar-refractivity contribution < 1.29 is 13.9 Å². The summed E-state index contributed by atoms with van der Waals surface area (Å²) in [5, 5.41) is 2.59. The maximum Gasteiger partial charge on any atom is 0.216 e. The molecule has 0 aliphatic rings. The molecule has 0 saturated carbocycles. The largest absolute Gasteiger partial charge is 0.492 e. The van der Waals surface area contributed by atoms with E-state index in [4.69, 9.17) is 4.74 Å². The molecule has 0 atom stereocenters. The fraction of sp³-hybridized carbons (Fsp3) is 0.300. The number of hydrogen-bond acceptors (Lipinski definition) is 2. The van der Waals surface area contributed by atoms with Gasteiger partial charge in [-0.3, -0.25) is 4.79 Å². The average molecular weight is 197 g/mol. The summed E-state index contributed by atoms with van der Waals surface area (Å²) in [4.78, 5) is 10.5. The Balaban J connectivity index is 2.25. The van der Waals surface area contributed by atoms with E-state index in [0.29, 0.717) is 18.9 Å². The summed E-state index contributed by atoms with van der Waals surface area (Å²) in [6, 6.07) is 5.74. The van der Waals surface area contributed by atoms with E-state index in [1.54, 1.807) is 12.1 Å². The molecule has 0 heterocycles. The van der Waals surface area contributed by atoms with Crippen molar-refractivity contribution in [3.8, 4) is 5.75 Å². The number of hydrogen-bond donors (Lipinski definition) is 1. The van der Waals surface area contributed by atoms with Crippen LogP contribution in [0.5, 0.6) is 5.75 Å². The number of halogens is 1. The standard InChI is InChI=1S/C10H12FNO2/c1-8(13)12-6-7-14-10-4-2-9(11)3-5-10/h2-5H,6-7H2,1H3,(H,12,13). The van der Waals surface area contributed by atoms with Crippen molar-refractivity contribution in [2.75, 3.05) is 13.2 Å². The zero-order valence-electron chi connectivity index (χ0n) is 7.92. The summed E-state index contributed by atoms with van der Waals surface area (Å²) in [5.74, 6) is 0.212. The lowest BCUT2D eigenvalue weighted by Gasteiger charge is -2.05. The summed E-state index contributed by atoms with van der Waals surface area (Å²) < 4.78 is 17.7. The van der Waals surface area contributed by atoms with Gasteiger partial charge in [0.2, 0.25) is 5.91 Å². The number of carbonyl (C=O) groups is 1. The second kappa shape index (κ2) is 5.21. The van der Waals surface area contributed by atoms with Crippen LogP contribution in [0.1, 0.15) is 6.92 Å². The normalized spacial score (nSPS) is 9.57. The molecule has 1 rings (SSSR count). The van der Waals surface area contributed by atoms with Crippen LogP contribution in [0.2, 0.25) is 0 Å². The number of amides is 1. The number of carbonyl (C=O) groups excluding carboxylic acids is 1. The van der Waals surface area contributed by atoms with Gasteiger partial charge in [0.05, 0.1) is 6.54 Å². The van der Waals surface area contributed by atoms with Gasteiger partial charge in [-0.25, -0.2) is 4.39 Å². The molecule has 0 radical (unpaired) electrons. The Morgan fingerprint density at radius 2 is 2.07 bits per heavy atom. The smallest absolute Gasteiger partial charge is 0.216 e. The van der Waals surface area contributed by atoms with Crippen LogP contribution >= 0.6 is 0 Å². The van der Waals surface area contributed by atoms with Crippen LogP contribution in [0.4, 0.5) is 4.39 Å². The predicted octanol–water partition coefficient (Wildman–Crippen LogP) is 1.34. The van der Waals surface area contributed by atoms with E-state index < -0.39 is 0 Å². The lowest BCUT2D eigenvalue weighted by atomic mass is 10.3. The molecule has 1 aromatic rings. The van der Waals surface area contributed by atoms with Gasteiger partial charge < -0.3 is 10.1 Å². The van der Waals surface area contributed by atoms with E-state index >= 15 is 0 Å². The Labute approximate surface area is 81.9 Å². The van der Waals surface area contributed by atoms with E-state index in [2.05, 4.69) is 5.32 Å². The Morgan fingerprint density at radius 1 is 1.43 bits per heavy atom. The molecular weight excluding hydrogens is 185 g/mol. The lowest BCUT2D eigenvalue weighted by molar-refractivity contribution is -0.119. The summed E-state index contributed by atoms with van der Waals surface area (Å²) in [6.07, 6.45) is 0. The quantitative estimate of drug-likeness (QED) is 0.740. The van der Waals surface area contributed by atoms with Crippen LogP contribution in [0, 0.1) is 5.82 Å². The Kier molecular flexibility index (Phi) is 3.91. The molecule has 0 unspecified atom stereocenters. The van der Waals surface area contributed by atoms with Crippen LogP contribution in [0.15, 0.2) is 24.3 Å². The molecule has 3 nitrogen and oxygen atoms in total. The molecule has 0 fully saturated rings. The Hall–Kier alpha value is -1.58. The number of rotatable bonds is 4. The van der Waals surface area contributed by atoms with E-state index in [1.807, 2.05) is 0 Å². The average Bonchev–Trinajstić information content (AvgIpc) is 2.15. The van der Waals surface area contributed by atoms with Crippen molar-refractivity contribution in [2.24, 2.45) is 0 Å². The zero-order chi connectivity index (χ0) is 10.4. The molecule has 0 aliphatic carbocycles. The second-order valence-corrected chi connectivity index (χ2v) is 2.79. The fourth-order valence-corrected chi connectivity index (χ4v) is 0.927. The van der Waals surface area contributed by atoms with Crippen molar-refractivity contribution in [1.29, 1.82) is 0 Å². The van der Waals surface area contributed by atoms with Gasteiger partial charge >= 0.3 is 0 Å². The van der Waals surface area contributed by atoms with Gasteiger partial charge in [-0.15, -0.1) is 0 Å². The van der Waals surface area contributed by atoms with Gasteiger partial charge in [0, 0.05) is 6.92 Å². The first-order chi connectivity index (χ1) is 6.68. The number of nitrogens with one attached hydrogen (secondary N) is 1. The van der Waals surface area contributed by atoms with Crippen LogP contribution < -0.4 is 10.1 Å². The molecule has 0 saturated heterocycles. The molecule has 0 aliphatic heterocycles. The molecular formula is C10H12FNO2. The molecule has 0 aromatic heterocycles. The van der Waals surface area contributed by atoms with Crippen molar-refractivity contribution in [3.05, 3.63) is 30.1 Å². The first-order valence-electron chi connectivity index (χ1n) is 4.31. The van der Waals surface area contributed by atoms with Gasteiger partial charge in [-0.2, -0.15) is 0 Å². The second-order valence-electron chi connectivity index (χ2n) is 2.79. The summed E-state index contributed by atoms with van der Waals surface area (Å²) in [6.45, 7) is 2.27. The summed E-state index contributed by atoms with van der Waals surface area (Å²) in [7, 11) is 0. The number of benzene rings is 1. The highest BCUT2D eigenvalue weighted by Gasteiger charge is 1.94. The highest BCUT2D eigenvalue weighted by molar-refractivity contribution is 5.72. The molecule has 14 heavy (non-hydrogen) atoms. The molecule has 1 aromatic carbocycles. The van der Waals surface area contributed by atoms with Crippen LogP contribution in [0.25, 0.3) is 0 Å². The lowest BCUT2D eigenvalue weighted by Crippen LogP contribution is -2.25. The first-order valence-corrected chi connectivity index (χ1v) is 4.31. The van der Waals surface area contributed by atoms with Crippen LogP contribution in [0.3, 0.4) is 0 Å². The SMILES string of the molecule is CC(=O)NCCOc1ccc(F)cc1. The van der Waals surface area contributed by atoms with Gasteiger partial charge in [0.1, 0.15) is 18.2 Å². The topological polar surface area (TPSA) is 38.3 Å². The van der Waals surface area contributed by atoms with E-state index in [0.717, 1.165) is 0 Å². The minimum Gasteiger partial charge on any atom is -0.492 e. The van der Waals surface area contributed by atoms with Crippen molar-refractivity contribution in [3.63, 3.8) is 0 Å². The Bertz CT molecular complexity index is 297. The highest BCUT2D eigenvalue weighted by Crippen LogP contribution is 2.10. The Morgan fingerprint density at radius 3 is 2.64 bits per heavy atom. The third-order valence-electron chi connectivity index (χ3n) is 1.56. The van der Waals surface area contributed by atoms with Crippen molar-refractivity contribution in [2.45, 2.75) is 6.92 Å². The molecule has 4 heteroatoms. The van der Waals surface area contributed by atoms with Gasteiger partial charge in [-0.1, -0.05) is 0 Å². The highest BCUT2D eigenvalue weighted by atomic mass is 19.1. The third-order valence-corrected chi connectivity index (χ3v) is 1.56. The zero-order valence-corrected chi connectivity index (χ0v) is 7.92. The molecule has 1 amide bonds. The first kappa shape index (κ1) is 10.5. The van der Waals surface area contributed by atoms with Gasteiger partial charge in [0.25, 0.3) is 0 Å². The molecule has 0 bridgehead atoms. The van der Waals surface area contributed by atoms with Crippen molar-refractivity contribution in [1.82, 2.24) is 5.32 Å². The van der Waals surface area contributed by atoms with Crippen molar-refractivity contribution >= 4 is 5.91 Å². The van der Waals surface area contributed by atoms with Crippen LogP contribution in [-0.2, 0) is 4.79 Å². The minimum atomic E-state index is -0.292. The van der Waals surface area contributed by atoms with E-state index in [1.165, 1.54) is 19.1 Å². The molecule has 0 spiro atoms. The van der Waals surface area contributed by atoms with Gasteiger partial charge in [-0.05, 0) is 24.3 Å². The number of ether oxygens (including phenoxy) is 1. The van der Waals surface area contributed by atoms with E-state index in [-0.39, 0.29) is 11.7 Å². The van der Waals surface area contributed by atoms with Crippen LogP contribution in [-0.4, -0.2) is 19.1 Å². The molecule has 1 N–H and O–H groups in total. The maximum atomic E-state index is 12.5. The van der Waals surface area contributed by atoms with E-state index in [9.17, 15) is 9.18 Å². The van der Waals surface area contributed by atoms with Gasteiger partial charge in [0.15, 0.2) is 0 Å². The third kappa shape index (κ3) is 3.89. The monoisotopic (exact) mass is 197 g/mol. The maximum absolute atomic E-state index is 12.5. The summed E-state index contributed by atoms with van der Waals surface area (Å²) in [5.41, 5.74) is 0. The summed E-state index contributed by atoms with van der Waals surface area (Å²) >= 11 is 0. The molecule has 76 valence electrons. The predicted molar refractivity (Wildman–Crippen MR) is 50.6 cm³/mol. The minimum absolute atomic E-state index is 0.0901.